The van der Waals surface area contributed by atoms with Gasteiger partial charge in [-0.2, -0.15) is 0 Å². The van der Waals surface area contributed by atoms with Crippen LogP contribution in [0, 0.1) is 11.7 Å². The van der Waals surface area contributed by atoms with Crippen LogP contribution in [0.1, 0.15) is 19.4 Å². The van der Waals surface area contributed by atoms with Gasteiger partial charge in [0.15, 0.2) is 0 Å². The quantitative estimate of drug-likeness (QED) is 0.733. The minimum Gasteiger partial charge on any atom is -0.492 e. The molecule has 0 aromatic heterocycles. The third-order valence-electron chi connectivity index (χ3n) is 3.98. The van der Waals surface area contributed by atoms with Crippen LogP contribution in [0.15, 0.2) is 42.5 Å². The molecule has 2 aromatic rings. The smallest absolute Gasteiger partial charge is 0.317 e. The second kappa shape index (κ2) is 9.34. The molecular formula is C21H26FNO3. The van der Waals surface area contributed by atoms with Crippen molar-refractivity contribution in [2.45, 2.75) is 20.3 Å². The fourth-order valence-electron chi connectivity index (χ4n) is 2.79. The summed E-state index contributed by atoms with van der Waals surface area (Å²) in [5.41, 5.74) is 2.86. The first-order valence-electron chi connectivity index (χ1n) is 8.77. The summed E-state index contributed by atoms with van der Waals surface area (Å²) in [6.07, 6.45) is 0.851. The van der Waals surface area contributed by atoms with Crippen molar-refractivity contribution in [3.05, 3.63) is 53.8 Å². The summed E-state index contributed by atoms with van der Waals surface area (Å²) in [4.78, 5) is 12.4. The van der Waals surface area contributed by atoms with Crippen LogP contribution in [0.25, 0.3) is 11.1 Å². The lowest BCUT2D eigenvalue weighted by Gasteiger charge is -2.18. The van der Waals surface area contributed by atoms with Crippen LogP contribution in [0.2, 0.25) is 0 Å². The Bertz CT molecular complexity index is 746. The number of rotatable bonds is 9. The van der Waals surface area contributed by atoms with Crippen molar-refractivity contribution < 1.29 is 19.0 Å². The number of halogens is 1. The summed E-state index contributed by atoms with van der Waals surface area (Å²) in [6.45, 7) is 5.20. The number of likely N-dealkylation sites (N-methyl/N-ethyl adjacent to an activating group) is 1. The van der Waals surface area contributed by atoms with Crippen molar-refractivity contribution in [1.82, 2.24) is 4.90 Å². The van der Waals surface area contributed by atoms with Crippen LogP contribution in [-0.4, -0.2) is 42.7 Å². The molecule has 0 bridgehead atoms. The molecule has 26 heavy (non-hydrogen) atoms. The third-order valence-corrected chi connectivity index (χ3v) is 3.98. The van der Waals surface area contributed by atoms with Gasteiger partial charge in [-0.05, 0) is 60.3 Å². The van der Waals surface area contributed by atoms with Crippen molar-refractivity contribution in [1.29, 1.82) is 0 Å². The maximum absolute atomic E-state index is 13.5. The number of hydrogen-bond donors (Lipinski definition) is 1. The van der Waals surface area contributed by atoms with Crippen LogP contribution in [0.5, 0.6) is 5.75 Å². The highest BCUT2D eigenvalue weighted by Crippen LogP contribution is 2.29. The summed E-state index contributed by atoms with van der Waals surface area (Å²) in [5.74, 6) is 0.138. The molecule has 5 heteroatoms. The molecule has 0 saturated carbocycles. The maximum atomic E-state index is 13.5. The first kappa shape index (κ1) is 19.9. The fourth-order valence-corrected chi connectivity index (χ4v) is 2.79. The Kier molecular flexibility index (Phi) is 7.16. The van der Waals surface area contributed by atoms with Gasteiger partial charge in [-0.15, -0.1) is 0 Å². The van der Waals surface area contributed by atoms with E-state index in [1.807, 2.05) is 24.3 Å². The monoisotopic (exact) mass is 359 g/mol. The van der Waals surface area contributed by atoms with Crippen molar-refractivity contribution >= 4 is 5.97 Å². The highest BCUT2D eigenvalue weighted by atomic mass is 19.1. The number of nitrogens with zero attached hydrogens (tertiary/aromatic N) is 1. The number of carbonyl (C=O) groups is 1. The van der Waals surface area contributed by atoms with Crippen LogP contribution < -0.4 is 4.74 Å². The predicted octanol–water partition coefficient (Wildman–Crippen LogP) is 4.09. The number of carboxylic acids is 1. The van der Waals surface area contributed by atoms with Crippen LogP contribution in [-0.2, 0) is 11.2 Å². The maximum Gasteiger partial charge on any atom is 0.317 e. The Morgan fingerprint density at radius 1 is 1.19 bits per heavy atom. The number of aliphatic carboxylic acids is 1. The normalized spacial score (nSPS) is 11.2. The fraction of sp³-hybridized carbons (Fsp3) is 0.381. The predicted molar refractivity (Wildman–Crippen MR) is 101 cm³/mol. The van der Waals surface area contributed by atoms with Gasteiger partial charge in [-0.3, -0.25) is 9.69 Å². The van der Waals surface area contributed by atoms with Gasteiger partial charge in [0.1, 0.15) is 18.2 Å². The van der Waals surface area contributed by atoms with E-state index in [0.717, 1.165) is 28.9 Å². The zero-order chi connectivity index (χ0) is 19.1. The average molecular weight is 359 g/mol. The molecule has 0 atom stereocenters. The minimum atomic E-state index is -0.854. The number of benzene rings is 2. The first-order valence-corrected chi connectivity index (χ1v) is 8.77. The van der Waals surface area contributed by atoms with Crippen LogP contribution in [0.3, 0.4) is 0 Å². The van der Waals surface area contributed by atoms with Crippen LogP contribution >= 0.6 is 0 Å². The molecule has 4 nitrogen and oxygen atoms in total. The van der Waals surface area contributed by atoms with E-state index >= 15 is 0 Å². The van der Waals surface area contributed by atoms with Crippen LogP contribution in [0.4, 0.5) is 4.39 Å². The number of hydrogen-bond acceptors (Lipinski definition) is 3. The lowest BCUT2D eigenvalue weighted by molar-refractivity contribution is -0.138. The van der Waals surface area contributed by atoms with E-state index in [1.165, 1.54) is 12.1 Å². The van der Waals surface area contributed by atoms with Gasteiger partial charge in [-0.25, -0.2) is 4.39 Å². The van der Waals surface area contributed by atoms with Gasteiger partial charge in [0.2, 0.25) is 0 Å². The van der Waals surface area contributed by atoms with Crippen molar-refractivity contribution in [2.24, 2.45) is 5.92 Å². The molecule has 2 aromatic carbocycles. The molecule has 0 fully saturated rings. The molecule has 0 aliphatic heterocycles. The Morgan fingerprint density at radius 3 is 2.58 bits per heavy atom. The third kappa shape index (κ3) is 6.15. The molecule has 0 amide bonds. The van der Waals surface area contributed by atoms with E-state index in [0.29, 0.717) is 19.1 Å². The zero-order valence-electron chi connectivity index (χ0n) is 15.5. The lowest BCUT2D eigenvalue weighted by atomic mass is 9.97. The molecule has 0 radical (unpaired) electrons. The van der Waals surface area contributed by atoms with Gasteiger partial charge in [0, 0.05) is 6.54 Å². The Balaban J connectivity index is 2.14. The van der Waals surface area contributed by atoms with E-state index in [9.17, 15) is 9.18 Å². The van der Waals surface area contributed by atoms with Gasteiger partial charge in [0.25, 0.3) is 0 Å². The van der Waals surface area contributed by atoms with Gasteiger partial charge >= 0.3 is 5.97 Å². The number of carboxylic acid groups (broad SMARTS) is 1. The highest BCUT2D eigenvalue weighted by molar-refractivity contribution is 5.69. The van der Waals surface area contributed by atoms with Gasteiger partial charge in [0.05, 0.1) is 6.54 Å². The van der Waals surface area contributed by atoms with Gasteiger partial charge in [-0.1, -0.05) is 32.0 Å². The Labute approximate surface area is 154 Å². The van der Waals surface area contributed by atoms with Crippen molar-refractivity contribution in [3.63, 3.8) is 0 Å². The lowest BCUT2D eigenvalue weighted by Crippen LogP contribution is -2.29. The molecule has 140 valence electrons. The highest BCUT2D eigenvalue weighted by Gasteiger charge is 2.10. The molecule has 1 N–H and O–H groups in total. The summed E-state index contributed by atoms with van der Waals surface area (Å²) in [5, 5.41) is 8.79. The average Bonchev–Trinajstić information content (AvgIpc) is 2.55. The number of ether oxygens (including phenoxy) is 1. The molecule has 0 heterocycles. The van der Waals surface area contributed by atoms with E-state index in [-0.39, 0.29) is 12.4 Å². The molecule has 0 unspecified atom stereocenters. The zero-order valence-corrected chi connectivity index (χ0v) is 15.5. The Hall–Kier alpha value is -2.40. The summed E-state index contributed by atoms with van der Waals surface area (Å²) < 4.78 is 19.4. The molecular weight excluding hydrogens is 333 g/mol. The summed E-state index contributed by atoms with van der Waals surface area (Å²) in [6, 6.07) is 12.4. The van der Waals surface area contributed by atoms with E-state index < -0.39 is 5.97 Å². The van der Waals surface area contributed by atoms with Gasteiger partial charge < -0.3 is 9.84 Å². The summed E-state index contributed by atoms with van der Waals surface area (Å²) in [7, 11) is 1.75. The second-order valence-electron chi connectivity index (χ2n) is 6.91. The summed E-state index contributed by atoms with van der Waals surface area (Å²) >= 11 is 0. The topological polar surface area (TPSA) is 49.8 Å². The largest absolute Gasteiger partial charge is 0.492 e. The minimum absolute atomic E-state index is 0.0132. The van der Waals surface area contributed by atoms with E-state index in [1.54, 1.807) is 18.0 Å². The molecule has 2 rings (SSSR count). The standard InChI is InChI=1S/C21H26FNO3/c1-15(2)11-18-12-17(16-5-4-6-19(22)13-16)7-8-20(18)26-10-9-23(3)14-21(24)25/h4-8,12-13,15H,9-11,14H2,1-3H3,(H,24,25). The van der Waals surface area contributed by atoms with Crippen molar-refractivity contribution in [3.8, 4) is 16.9 Å². The second-order valence-corrected chi connectivity index (χ2v) is 6.91. The molecule has 0 aliphatic carbocycles. The molecule has 0 aliphatic rings. The Morgan fingerprint density at radius 2 is 1.92 bits per heavy atom. The van der Waals surface area contributed by atoms with Crippen molar-refractivity contribution in [2.75, 3.05) is 26.7 Å². The first-order chi connectivity index (χ1) is 12.3. The van der Waals surface area contributed by atoms with E-state index in [4.69, 9.17) is 9.84 Å². The van der Waals surface area contributed by atoms with E-state index in [2.05, 4.69) is 13.8 Å². The SMILES string of the molecule is CC(C)Cc1cc(-c2cccc(F)c2)ccc1OCCN(C)CC(=O)O. The molecule has 0 saturated heterocycles. The molecule has 0 spiro atoms.